The molecule has 0 bridgehead atoms. The van der Waals surface area contributed by atoms with Crippen LogP contribution in [0, 0.1) is 13.8 Å². The summed E-state index contributed by atoms with van der Waals surface area (Å²) in [6.07, 6.45) is 1.86. The lowest BCUT2D eigenvalue weighted by atomic mass is 10.2. The highest BCUT2D eigenvalue weighted by molar-refractivity contribution is 5.38. The van der Waals surface area contributed by atoms with Gasteiger partial charge < -0.3 is 10.1 Å². The maximum Gasteiger partial charge on any atom is 0.135 e. The van der Waals surface area contributed by atoms with E-state index < -0.39 is 0 Å². The third-order valence-corrected chi connectivity index (χ3v) is 2.67. The molecule has 3 nitrogen and oxygen atoms in total. The molecule has 0 aliphatic rings. The summed E-state index contributed by atoms with van der Waals surface area (Å²) in [6.45, 7) is 4.76. The summed E-state index contributed by atoms with van der Waals surface area (Å²) in [5.41, 5.74) is 3.20. The standard InChI is InChI=1S/C15H18N2O/c1-11-5-4-6-14(7-11)18-15-8-12(2)17-10-13(15)9-16-3/h4-8,10,16H,9H2,1-3H3. The van der Waals surface area contributed by atoms with Gasteiger partial charge in [0.15, 0.2) is 0 Å². The zero-order valence-electron chi connectivity index (χ0n) is 11.0. The van der Waals surface area contributed by atoms with E-state index in [1.165, 1.54) is 5.56 Å². The van der Waals surface area contributed by atoms with Crippen molar-refractivity contribution >= 4 is 0 Å². The Morgan fingerprint density at radius 2 is 2.06 bits per heavy atom. The number of pyridine rings is 1. The molecule has 0 atom stereocenters. The monoisotopic (exact) mass is 242 g/mol. The molecule has 1 N–H and O–H groups in total. The first-order valence-electron chi connectivity index (χ1n) is 6.03. The Morgan fingerprint density at radius 1 is 1.22 bits per heavy atom. The lowest BCUT2D eigenvalue weighted by Crippen LogP contribution is -2.07. The van der Waals surface area contributed by atoms with E-state index in [1.807, 2.05) is 44.4 Å². The van der Waals surface area contributed by atoms with Crippen LogP contribution in [-0.4, -0.2) is 12.0 Å². The van der Waals surface area contributed by atoms with Gasteiger partial charge in [-0.3, -0.25) is 4.98 Å². The van der Waals surface area contributed by atoms with Gasteiger partial charge in [-0.15, -0.1) is 0 Å². The van der Waals surface area contributed by atoms with E-state index in [1.54, 1.807) is 0 Å². The van der Waals surface area contributed by atoms with E-state index in [2.05, 4.69) is 23.3 Å². The molecule has 1 heterocycles. The Bertz CT molecular complexity index is 538. The molecule has 0 fully saturated rings. The summed E-state index contributed by atoms with van der Waals surface area (Å²) in [5, 5.41) is 3.12. The second-order valence-corrected chi connectivity index (χ2v) is 4.38. The second kappa shape index (κ2) is 5.65. The van der Waals surface area contributed by atoms with Crippen molar-refractivity contribution in [2.24, 2.45) is 0 Å². The van der Waals surface area contributed by atoms with Gasteiger partial charge in [-0.1, -0.05) is 12.1 Å². The van der Waals surface area contributed by atoms with Crippen LogP contribution in [0.5, 0.6) is 11.5 Å². The minimum atomic E-state index is 0.744. The van der Waals surface area contributed by atoms with Crippen LogP contribution in [-0.2, 0) is 6.54 Å². The summed E-state index contributed by atoms with van der Waals surface area (Å²) in [4.78, 5) is 4.30. The van der Waals surface area contributed by atoms with E-state index in [0.717, 1.165) is 29.3 Å². The molecule has 3 heteroatoms. The first-order chi connectivity index (χ1) is 8.69. The molecule has 18 heavy (non-hydrogen) atoms. The summed E-state index contributed by atoms with van der Waals surface area (Å²) >= 11 is 0. The van der Waals surface area contributed by atoms with Gasteiger partial charge in [0.25, 0.3) is 0 Å². The van der Waals surface area contributed by atoms with Crippen molar-refractivity contribution in [2.45, 2.75) is 20.4 Å². The molecule has 0 radical (unpaired) electrons. The largest absolute Gasteiger partial charge is 0.457 e. The fourth-order valence-corrected chi connectivity index (χ4v) is 1.79. The number of nitrogens with zero attached hydrogens (tertiary/aromatic N) is 1. The van der Waals surface area contributed by atoms with Gasteiger partial charge in [-0.25, -0.2) is 0 Å². The van der Waals surface area contributed by atoms with E-state index in [-0.39, 0.29) is 0 Å². The van der Waals surface area contributed by atoms with E-state index in [4.69, 9.17) is 4.74 Å². The molecule has 94 valence electrons. The lowest BCUT2D eigenvalue weighted by Gasteiger charge is -2.11. The number of aromatic nitrogens is 1. The molecule has 0 saturated heterocycles. The van der Waals surface area contributed by atoms with Crippen molar-refractivity contribution in [1.29, 1.82) is 0 Å². The summed E-state index contributed by atoms with van der Waals surface area (Å²) in [5.74, 6) is 1.72. The minimum absolute atomic E-state index is 0.744. The van der Waals surface area contributed by atoms with Crippen molar-refractivity contribution in [2.75, 3.05) is 7.05 Å². The lowest BCUT2D eigenvalue weighted by molar-refractivity contribution is 0.472. The molecule has 0 saturated carbocycles. The molecular formula is C15H18N2O. The molecule has 0 aliphatic carbocycles. The molecule has 2 aromatic rings. The zero-order valence-corrected chi connectivity index (χ0v) is 11.0. The number of ether oxygens (including phenoxy) is 1. The van der Waals surface area contributed by atoms with Gasteiger partial charge in [0.2, 0.25) is 0 Å². The molecule has 2 rings (SSSR count). The Balaban J connectivity index is 2.29. The number of benzene rings is 1. The molecular weight excluding hydrogens is 224 g/mol. The van der Waals surface area contributed by atoms with Gasteiger partial charge >= 0.3 is 0 Å². The van der Waals surface area contributed by atoms with E-state index >= 15 is 0 Å². The third kappa shape index (κ3) is 3.08. The van der Waals surface area contributed by atoms with Crippen LogP contribution in [0.1, 0.15) is 16.8 Å². The van der Waals surface area contributed by atoms with Crippen molar-refractivity contribution in [1.82, 2.24) is 10.3 Å². The maximum atomic E-state index is 5.94. The quantitative estimate of drug-likeness (QED) is 0.894. The highest BCUT2D eigenvalue weighted by Crippen LogP contribution is 2.26. The highest BCUT2D eigenvalue weighted by Gasteiger charge is 2.06. The van der Waals surface area contributed by atoms with Crippen LogP contribution < -0.4 is 10.1 Å². The van der Waals surface area contributed by atoms with Crippen LogP contribution >= 0.6 is 0 Å². The molecule has 0 unspecified atom stereocenters. The topological polar surface area (TPSA) is 34.2 Å². The second-order valence-electron chi connectivity index (χ2n) is 4.38. The normalized spacial score (nSPS) is 10.4. The van der Waals surface area contributed by atoms with Gasteiger partial charge in [0.05, 0.1) is 0 Å². The first-order valence-corrected chi connectivity index (χ1v) is 6.03. The third-order valence-electron chi connectivity index (χ3n) is 2.67. The fourth-order valence-electron chi connectivity index (χ4n) is 1.79. The smallest absolute Gasteiger partial charge is 0.135 e. The summed E-state index contributed by atoms with van der Waals surface area (Å²) in [6, 6.07) is 10.0. The average molecular weight is 242 g/mol. The number of hydrogen-bond donors (Lipinski definition) is 1. The Labute approximate surface area is 108 Å². The molecule has 0 aliphatic heterocycles. The van der Waals surface area contributed by atoms with Crippen molar-refractivity contribution in [3.05, 3.63) is 53.3 Å². The fraction of sp³-hybridized carbons (Fsp3) is 0.267. The molecule has 1 aromatic carbocycles. The Morgan fingerprint density at radius 3 is 2.78 bits per heavy atom. The van der Waals surface area contributed by atoms with Crippen LogP contribution in [0.4, 0.5) is 0 Å². The van der Waals surface area contributed by atoms with Crippen molar-refractivity contribution in [3.63, 3.8) is 0 Å². The predicted octanol–water partition coefficient (Wildman–Crippen LogP) is 3.21. The molecule has 0 amide bonds. The van der Waals surface area contributed by atoms with Gasteiger partial charge in [0, 0.05) is 30.1 Å². The highest BCUT2D eigenvalue weighted by atomic mass is 16.5. The number of hydrogen-bond acceptors (Lipinski definition) is 3. The van der Waals surface area contributed by atoms with Gasteiger partial charge in [-0.2, -0.15) is 0 Å². The van der Waals surface area contributed by atoms with Crippen LogP contribution in [0.15, 0.2) is 36.5 Å². The van der Waals surface area contributed by atoms with Crippen molar-refractivity contribution < 1.29 is 4.74 Å². The van der Waals surface area contributed by atoms with E-state index in [0.29, 0.717) is 0 Å². The summed E-state index contributed by atoms with van der Waals surface area (Å²) < 4.78 is 5.94. The van der Waals surface area contributed by atoms with Crippen LogP contribution in [0.25, 0.3) is 0 Å². The van der Waals surface area contributed by atoms with Gasteiger partial charge in [0.1, 0.15) is 11.5 Å². The Kier molecular flexibility index (Phi) is 3.95. The van der Waals surface area contributed by atoms with E-state index in [9.17, 15) is 0 Å². The summed E-state index contributed by atoms with van der Waals surface area (Å²) in [7, 11) is 1.91. The first kappa shape index (κ1) is 12.6. The predicted molar refractivity (Wildman–Crippen MR) is 73.0 cm³/mol. The maximum absolute atomic E-state index is 5.94. The number of nitrogens with one attached hydrogen (secondary N) is 1. The van der Waals surface area contributed by atoms with Gasteiger partial charge in [-0.05, 0) is 38.6 Å². The molecule has 1 aromatic heterocycles. The number of rotatable bonds is 4. The zero-order chi connectivity index (χ0) is 13.0. The SMILES string of the molecule is CNCc1cnc(C)cc1Oc1cccc(C)c1. The van der Waals surface area contributed by atoms with Crippen LogP contribution in [0.2, 0.25) is 0 Å². The molecule has 0 spiro atoms. The van der Waals surface area contributed by atoms with Crippen molar-refractivity contribution in [3.8, 4) is 11.5 Å². The average Bonchev–Trinajstić information content (AvgIpc) is 2.33. The van der Waals surface area contributed by atoms with Crippen LogP contribution in [0.3, 0.4) is 0 Å². The number of aryl methyl sites for hydroxylation is 2. The minimum Gasteiger partial charge on any atom is -0.457 e. The Hall–Kier alpha value is -1.87.